The Labute approximate surface area is 181 Å². The molecule has 7 nitrogen and oxygen atoms in total. The molecule has 2 aliphatic rings. The second-order valence-corrected chi connectivity index (χ2v) is 14.6. The maximum absolute atomic E-state index is 12.8. The first-order chi connectivity index (χ1) is 14.2. The molecule has 3 rings (SSSR count). The highest BCUT2D eigenvalue weighted by Crippen LogP contribution is 2.39. The second-order valence-electron chi connectivity index (χ2n) is 9.82. The molecule has 0 aromatic carbocycles. The van der Waals surface area contributed by atoms with Crippen molar-refractivity contribution in [3.8, 4) is 0 Å². The lowest BCUT2D eigenvalue weighted by atomic mass is 10.0. The van der Waals surface area contributed by atoms with Crippen molar-refractivity contribution in [2.75, 3.05) is 24.5 Å². The molecule has 1 N–H and O–H groups in total. The second kappa shape index (κ2) is 8.32. The van der Waals surface area contributed by atoms with Gasteiger partial charge in [-0.1, -0.05) is 20.8 Å². The normalized spacial score (nSPS) is 26.0. The Hall–Kier alpha value is -1.72. The number of carbonyl (C=O) groups is 1. The molecular weight excluding hydrogens is 429 g/mol. The fourth-order valence-corrected chi connectivity index (χ4v) is 5.10. The Morgan fingerprint density at radius 1 is 1.13 bits per heavy atom. The highest BCUT2D eigenvalue weighted by molar-refractivity contribution is 6.74. The van der Waals surface area contributed by atoms with Crippen molar-refractivity contribution in [1.82, 2.24) is 14.9 Å². The van der Waals surface area contributed by atoms with Crippen LogP contribution in [0.2, 0.25) is 18.1 Å². The van der Waals surface area contributed by atoms with Crippen LogP contribution in [0.5, 0.6) is 0 Å². The van der Waals surface area contributed by atoms with Gasteiger partial charge in [0, 0.05) is 32.0 Å². The summed E-state index contributed by atoms with van der Waals surface area (Å²) in [5, 5.41) is 9.87. The van der Waals surface area contributed by atoms with Crippen LogP contribution in [0.4, 0.5) is 19.1 Å². The molecule has 11 heteroatoms. The van der Waals surface area contributed by atoms with Crippen molar-refractivity contribution in [3.63, 3.8) is 0 Å². The average molecular weight is 461 g/mol. The van der Waals surface area contributed by atoms with Gasteiger partial charge in [0.2, 0.25) is 5.95 Å². The summed E-state index contributed by atoms with van der Waals surface area (Å²) in [6, 6.07) is -0.204. The van der Waals surface area contributed by atoms with Crippen LogP contribution in [0.25, 0.3) is 0 Å². The van der Waals surface area contributed by atoms with Gasteiger partial charge in [-0.05, 0) is 31.0 Å². The quantitative estimate of drug-likeness (QED) is 0.696. The first-order valence-electron chi connectivity index (χ1n) is 10.5. The summed E-state index contributed by atoms with van der Waals surface area (Å²) in [5.74, 6) is -0.0730. The third-order valence-corrected chi connectivity index (χ3v) is 11.1. The van der Waals surface area contributed by atoms with E-state index in [1.807, 2.05) is 4.90 Å². The summed E-state index contributed by atoms with van der Waals surface area (Å²) in [7, 11) is -2.21. The van der Waals surface area contributed by atoms with Gasteiger partial charge in [-0.25, -0.2) is 9.97 Å². The van der Waals surface area contributed by atoms with Gasteiger partial charge in [-0.2, -0.15) is 13.2 Å². The van der Waals surface area contributed by atoms with Gasteiger partial charge < -0.3 is 19.3 Å². The van der Waals surface area contributed by atoms with E-state index in [1.54, 1.807) is 4.90 Å². The number of amides is 1. The van der Waals surface area contributed by atoms with Gasteiger partial charge >= 0.3 is 6.18 Å². The van der Waals surface area contributed by atoms with E-state index in [1.165, 1.54) is 0 Å². The van der Waals surface area contributed by atoms with Crippen molar-refractivity contribution >= 4 is 20.2 Å². The number of piperidine rings is 1. The molecular formula is C20H31F3N4O3Si. The summed E-state index contributed by atoms with van der Waals surface area (Å²) < 4.78 is 45.2. The molecule has 2 fully saturated rings. The molecule has 3 heterocycles. The van der Waals surface area contributed by atoms with E-state index >= 15 is 0 Å². The van der Waals surface area contributed by atoms with Crippen LogP contribution in [0.3, 0.4) is 0 Å². The maximum Gasteiger partial charge on any atom is 0.419 e. The summed E-state index contributed by atoms with van der Waals surface area (Å²) >= 11 is 0. The summed E-state index contributed by atoms with van der Waals surface area (Å²) in [4.78, 5) is 23.9. The van der Waals surface area contributed by atoms with Gasteiger partial charge in [-0.15, -0.1) is 0 Å². The van der Waals surface area contributed by atoms with E-state index < -0.39 is 26.2 Å². The zero-order valence-electron chi connectivity index (χ0n) is 18.6. The molecule has 1 amide bonds. The largest absolute Gasteiger partial charge is 0.419 e. The number of aromatic nitrogens is 2. The van der Waals surface area contributed by atoms with E-state index in [4.69, 9.17) is 4.43 Å². The van der Waals surface area contributed by atoms with Gasteiger partial charge in [0.1, 0.15) is 6.10 Å². The van der Waals surface area contributed by atoms with Crippen molar-refractivity contribution in [3.05, 3.63) is 18.0 Å². The van der Waals surface area contributed by atoms with Crippen LogP contribution in [0.1, 0.15) is 39.2 Å². The number of nitrogens with zero attached hydrogens (tertiary/aromatic N) is 4. The molecule has 0 spiro atoms. The van der Waals surface area contributed by atoms with E-state index in [0.717, 1.165) is 12.4 Å². The molecule has 0 bridgehead atoms. The van der Waals surface area contributed by atoms with Gasteiger partial charge in [0.05, 0.1) is 17.7 Å². The first kappa shape index (κ1) is 23.9. The first-order valence-corrected chi connectivity index (χ1v) is 13.4. The fourth-order valence-electron chi connectivity index (χ4n) is 3.76. The lowest BCUT2D eigenvalue weighted by Gasteiger charge is -2.47. The molecule has 1 aromatic rings. The monoisotopic (exact) mass is 460 g/mol. The standard InChI is InChI=1S/C20H31F3N4O3Si/c1-19(2,3)31(4,5)30-16-12-26(18-24-10-13(11-25-18)20(21,22)23)8-6-14(16)27-9-7-15(28)17(27)29/h10-11,14-16,28H,6-9,12H2,1-5H3/t14-,15?,16+/m1/s1. The number of anilines is 1. The Bertz CT molecular complexity index is 798. The zero-order valence-corrected chi connectivity index (χ0v) is 19.6. The molecule has 2 aliphatic heterocycles. The summed E-state index contributed by atoms with van der Waals surface area (Å²) in [6.45, 7) is 11.9. The van der Waals surface area contributed by atoms with Crippen molar-refractivity contribution in [2.24, 2.45) is 0 Å². The maximum atomic E-state index is 12.8. The molecule has 1 unspecified atom stereocenters. The van der Waals surface area contributed by atoms with Crippen LogP contribution in [-0.4, -0.2) is 72.1 Å². The predicted octanol–water partition coefficient (Wildman–Crippen LogP) is 3.06. The van der Waals surface area contributed by atoms with Crippen LogP contribution in [-0.2, 0) is 15.4 Å². The molecule has 2 saturated heterocycles. The summed E-state index contributed by atoms with van der Waals surface area (Å²) in [6.07, 6.45) is -3.29. The minimum atomic E-state index is -4.49. The minimum absolute atomic E-state index is 0.0563. The molecule has 0 saturated carbocycles. The van der Waals surface area contributed by atoms with Crippen LogP contribution in [0, 0.1) is 0 Å². The number of carbonyl (C=O) groups excluding carboxylic acids is 1. The highest BCUT2D eigenvalue weighted by Gasteiger charge is 2.46. The van der Waals surface area contributed by atoms with Crippen molar-refractivity contribution < 1.29 is 27.5 Å². The number of rotatable bonds is 4. The molecule has 3 atom stereocenters. The number of aliphatic hydroxyl groups excluding tert-OH is 1. The van der Waals surface area contributed by atoms with Gasteiger partial charge in [-0.3, -0.25) is 4.79 Å². The molecule has 1 aromatic heterocycles. The molecule has 0 radical (unpaired) electrons. The van der Waals surface area contributed by atoms with E-state index in [9.17, 15) is 23.1 Å². The third-order valence-electron chi connectivity index (χ3n) is 6.64. The third kappa shape index (κ3) is 5.03. The van der Waals surface area contributed by atoms with Crippen LogP contribution in [0.15, 0.2) is 12.4 Å². The van der Waals surface area contributed by atoms with E-state index in [2.05, 4.69) is 43.8 Å². The summed E-state index contributed by atoms with van der Waals surface area (Å²) in [5.41, 5.74) is -0.892. The predicted molar refractivity (Wildman–Crippen MR) is 112 cm³/mol. The highest BCUT2D eigenvalue weighted by atomic mass is 28.4. The SMILES string of the molecule is CC(C)(C)[Si](C)(C)O[C@H]1CN(c2ncc(C(F)(F)F)cn2)CC[C@H]1N1CCC(O)C1=O. The number of aliphatic hydroxyl groups is 1. The van der Waals surface area contributed by atoms with Gasteiger partial charge in [0.25, 0.3) is 5.91 Å². The van der Waals surface area contributed by atoms with Crippen LogP contribution >= 0.6 is 0 Å². The molecule has 0 aliphatic carbocycles. The zero-order chi connectivity index (χ0) is 23.2. The van der Waals surface area contributed by atoms with Crippen LogP contribution < -0.4 is 4.90 Å². The van der Waals surface area contributed by atoms with Crippen molar-refractivity contribution in [2.45, 2.75) is 76.2 Å². The lowest BCUT2D eigenvalue weighted by Crippen LogP contribution is -2.60. The Morgan fingerprint density at radius 2 is 1.74 bits per heavy atom. The Balaban J connectivity index is 1.84. The number of hydrogen-bond acceptors (Lipinski definition) is 6. The topological polar surface area (TPSA) is 78.8 Å². The lowest BCUT2D eigenvalue weighted by molar-refractivity contribution is -0.139. The van der Waals surface area contributed by atoms with E-state index in [-0.39, 0.29) is 29.0 Å². The Morgan fingerprint density at radius 3 is 2.23 bits per heavy atom. The number of likely N-dealkylation sites (tertiary alicyclic amines) is 1. The van der Waals surface area contributed by atoms with Crippen molar-refractivity contribution in [1.29, 1.82) is 0 Å². The fraction of sp³-hybridized carbons (Fsp3) is 0.750. The number of alkyl halides is 3. The average Bonchev–Trinajstić information content (AvgIpc) is 2.99. The molecule has 174 valence electrons. The number of hydrogen-bond donors (Lipinski definition) is 1. The molecule has 31 heavy (non-hydrogen) atoms. The Kier molecular flexibility index (Phi) is 6.42. The van der Waals surface area contributed by atoms with Gasteiger partial charge in [0.15, 0.2) is 8.32 Å². The smallest absolute Gasteiger partial charge is 0.410 e. The minimum Gasteiger partial charge on any atom is -0.410 e. The number of halogens is 3. The van der Waals surface area contributed by atoms with E-state index in [0.29, 0.717) is 32.5 Å².